The normalized spacial score (nSPS) is 15.0. The summed E-state index contributed by atoms with van der Waals surface area (Å²) in [4.78, 5) is 0. The van der Waals surface area contributed by atoms with E-state index in [1.807, 2.05) is 27.7 Å². The third-order valence-electron chi connectivity index (χ3n) is 3.58. The molecule has 0 heterocycles. The zero-order valence-electron chi connectivity index (χ0n) is 11.0. The van der Waals surface area contributed by atoms with Crippen molar-refractivity contribution in [2.75, 3.05) is 0 Å². The van der Waals surface area contributed by atoms with Gasteiger partial charge in [0.05, 0.1) is 12.2 Å². The molecule has 0 spiro atoms. The summed E-state index contributed by atoms with van der Waals surface area (Å²) in [5.74, 6) is 0. The lowest BCUT2D eigenvalue weighted by Crippen LogP contribution is -2.09. The van der Waals surface area contributed by atoms with E-state index in [1.54, 1.807) is 13.8 Å². The molecule has 2 N–H and O–H groups in total. The van der Waals surface area contributed by atoms with Crippen molar-refractivity contribution in [1.82, 2.24) is 0 Å². The highest BCUT2D eigenvalue weighted by atomic mass is 16.3. The van der Waals surface area contributed by atoms with Crippen LogP contribution in [0.1, 0.15) is 59.4 Å². The van der Waals surface area contributed by atoms with Crippen LogP contribution in [-0.2, 0) is 0 Å². The Morgan fingerprint density at radius 2 is 0.938 bits per heavy atom. The zero-order valence-corrected chi connectivity index (χ0v) is 11.0. The van der Waals surface area contributed by atoms with E-state index in [-0.39, 0.29) is 0 Å². The maximum Gasteiger partial charge on any atom is 0.0767 e. The molecule has 2 nitrogen and oxygen atoms in total. The molecule has 1 aromatic carbocycles. The molecule has 0 fully saturated rings. The van der Waals surface area contributed by atoms with E-state index in [4.69, 9.17) is 0 Å². The Kier molecular flexibility index (Phi) is 3.76. The number of hydrogen-bond donors (Lipinski definition) is 2. The summed E-state index contributed by atoms with van der Waals surface area (Å²) < 4.78 is 0. The minimum Gasteiger partial charge on any atom is -0.389 e. The minimum atomic E-state index is -0.489. The van der Waals surface area contributed by atoms with Gasteiger partial charge in [0.15, 0.2) is 0 Å². The molecule has 0 aliphatic rings. The lowest BCUT2D eigenvalue weighted by Gasteiger charge is -2.23. The maximum atomic E-state index is 9.83. The van der Waals surface area contributed by atoms with Crippen LogP contribution in [-0.4, -0.2) is 10.2 Å². The van der Waals surface area contributed by atoms with Crippen LogP contribution in [0.25, 0.3) is 0 Å². The smallest absolute Gasteiger partial charge is 0.0767 e. The van der Waals surface area contributed by atoms with E-state index >= 15 is 0 Å². The van der Waals surface area contributed by atoms with E-state index in [0.717, 1.165) is 33.4 Å². The van der Waals surface area contributed by atoms with Gasteiger partial charge in [0.2, 0.25) is 0 Å². The Labute approximate surface area is 97.9 Å². The second-order valence-electron chi connectivity index (χ2n) is 4.68. The molecule has 0 saturated heterocycles. The highest BCUT2D eigenvalue weighted by molar-refractivity contribution is 5.51. The average molecular weight is 222 g/mol. The topological polar surface area (TPSA) is 40.5 Å². The Morgan fingerprint density at radius 3 is 1.19 bits per heavy atom. The minimum absolute atomic E-state index is 0.489. The first-order valence-electron chi connectivity index (χ1n) is 5.75. The summed E-state index contributed by atoms with van der Waals surface area (Å²) in [7, 11) is 0. The molecule has 0 bridgehead atoms. The second kappa shape index (κ2) is 4.56. The molecule has 0 saturated carbocycles. The van der Waals surface area contributed by atoms with Crippen LogP contribution in [0.2, 0.25) is 0 Å². The molecule has 0 radical (unpaired) electrons. The fourth-order valence-electron chi connectivity index (χ4n) is 2.65. The average Bonchev–Trinajstić information content (AvgIpc) is 2.13. The largest absolute Gasteiger partial charge is 0.389 e. The van der Waals surface area contributed by atoms with Crippen LogP contribution in [0.15, 0.2) is 0 Å². The lowest BCUT2D eigenvalue weighted by atomic mass is 9.85. The quantitative estimate of drug-likeness (QED) is 0.807. The molecule has 0 unspecified atom stereocenters. The van der Waals surface area contributed by atoms with Crippen LogP contribution in [0.3, 0.4) is 0 Å². The van der Waals surface area contributed by atoms with Crippen molar-refractivity contribution in [3.63, 3.8) is 0 Å². The second-order valence-corrected chi connectivity index (χ2v) is 4.68. The summed E-state index contributed by atoms with van der Waals surface area (Å²) in [6.07, 6.45) is -0.978. The van der Waals surface area contributed by atoms with Crippen LogP contribution in [0.5, 0.6) is 0 Å². The van der Waals surface area contributed by atoms with Gasteiger partial charge in [-0.25, -0.2) is 0 Å². The molecular formula is C14H22O2. The van der Waals surface area contributed by atoms with Gasteiger partial charge in [-0.1, -0.05) is 0 Å². The van der Waals surface area contributed by atoms with Crippen LogP contribution < -0.4 is 0 Å². The summed E-state index contributed by atoms with van der Waals surface area (Å²) in [5, 5.41) is 19.7. The third kappa shape index (κ3) is 2.00. The summed E-state index contributed by atoms with van der Waals surface area (Å²) in [6, 6.07) is 0. The van der Waals surface area contributed by atoms with Gasteiger partial charge in [-0.2, -0.15) is 0 Å². The van der Waals surface area contributed by atoms with Gasteiger partial charge in [-0.15, -0.1) is 0 Å². The van der Waals surface area contributed by atoms with Crippen molar-refractivity contribution < 1.29 is 10.2 Å². The first kappa shape index (κ1) is 13.2. The summed E-state index contributed by atoms with van der Waals surface area (Å²) in [5.41, 5.74) is 6.37. The first-order chi connectivity index (χ1) is 7.29. The summed E-state index contributed by atoms with van der Waals surface area (Å²) in [6.45, 7) is 11.6. The van der Waals surface area contributed by atoms with Crippen molar-refractivity contribution >= 4 is 0 Å². The molecular weight excluding hydrogens is 200 g/mol. The van der Waals surface area contributed by atoms with E-state index in [2.05, 4.69) is 0 Å². The first-order valence-corrected chi connectivity index (χ1v) is 5.75. The molecule has 90 valence electrons. The molecule has 0 aliphatic heterocycles. The summed E-state index contributed by atoms with van der Waals surface area (Å²) >= 11 is 0. The highest BCUT2D eigenvalue weighted by Crippen LogP contribution is 2.33. The van der Waals surface area contributed by atoms with E-state index in [9.17, 15) is 10.2 Å². The van der Waals surface area contributed by atoms with Crippen molar-refractivity contribution in [3.8, 4) is 0 Å². The van der Waals surface area contributed by atoms with Crippen molar-refractivity contribution in [3.05, 3.63) is 33.4 Å². The SMILES string of the molecule is Cc1c(C)c([C@@H](C)O)c(C)c([C@@H](C)O)c1C. The van der Waals surface area contributed by atoms with Gasteiger partial charge in [-0.3, -0.25) is 0 Å². The van der Waals surface area contributed by atoms with Crippen molar-refractivity contribution in [2.45, 2.75) is 53.8 Å². The Bertz CT molecular complexity index is 369. The standard InChI is InChI=1S/C14H22O2/c1-7-8(2)13(11(5)15)10(4)14(9(7)3)12(6)16/h11-12,15-16H,1-6H3/t11-,12-/m1/s1. The molecule has 1 rings (SSSR count). The maximum absolute atomic E-state index is 9.83. The Balaban J connectivity index is 3.66. The lowest BCUT2D eigenvalue weighted by molar-refractivity contribution is 0.190. The van der Waals surface area contributed by atoms with Gasteiger partial charge in [0.1, 0.15) is 0 Å². The zero-order chi connectivity index (χ0) is 12.6. The molecule has 16 heavy (non-hydrogen) atoms. The molecule has 0 aromatic heterocycles. The molecule has 2 heteroatoms. The third-order valence-corrected chi connectivity index (χ3v) is 3.58. The highest BCUT2D eigenvalue weighted by Gasteiger charge is 2.19. The Hall–Kier alpha value is -0.860. The number of aliphatic hydroxyl groups is 2. The van der Waals surface area contributed by atoms with Gasteiger partial charge in [0.25, 0.3) is 0 Å². The predicted molar refractivity (Wildman–Crippen MR) is 66.7 cm³/mol. The number of rotatable bonds is 2. The van der Waals surface area contributed by atoms with E-state index < -0.39 is 12.2 Å². The molecule has 0 amide bonds. The number of hydrogen-bond acceptors (Lipinski definition) is 2. The molecule has 1 aromatic rings. The number of benzene rings is 1. The van der Waals surface area contributed by atoms with Crippen molar-refractivity contribution in [2.24, 2.45) is 0 Å². The molecule has 2 atom stereocenters. The van der Waals surface area contributed by atoms with Crippen molar-refractivity contribution in [1.29, 1.82) is 0 Å². The van der Waals surface area contributed by atoms with Crippen LogP contribution >= 0.6 is 0 Å². The number of aliphatic hydroxyl groups excluding tert-OH is 2. The van der Waals surface area contributed by atoms with Crippen LogP contribution in [0.4, 0.5) is 0 Å². The van der Waals surface area contributed by atoms with E-state index in [0.29, 0.717) is 0 Å². The van der Waals surface area contributed by atoms with Gasteiger partial charge in [0, 0.05) is 0 Å². The monoisotopic (exact) mass is 222 g/mol. The van der Waals surface area contributed by atoms with Crippen LogP contribution in [0, 0.1) is 27.7 Å². The van der Waals surface area contributed by atoms with Gasteiger partial charge in [-0.05, 0) is 74.9 Å². The fourth-order valence-corrected chi connectivity index (χ4v) is 2.65. The Morgan fingerprint density at radius 1 is 0.625 bits per heavy atom. The fraction of sp³-hybridized carbons (Fsp3) is 0.571. The van der Waals surface area contributed by atoms with Gasteiger partial charge >= 0.3 is 0 Å². The predicted octanol–water partition coefficient (Wildman–Crippen LogP) is 3.03. The van der Waals surface area contributed by atoms with Gasteiger partial charge < -0.3 is 10.2 Å². The van der Waals surface area contributed by atoms with E-state index in [1.165, 1.54) is 0 Å². The molecule has 0 aliphatic carbocycles.